The molecule has 5 nitrogen and oxygen atoms in total. The molecule has 0 aliphatic carbocycles. The molecule has 5 heteroatoms. The molecule has 1 aromatic heterocycles. The van der Waals surface area contributed by atoms with Crippen LogP contribution < -0.4 is 10.6 Å². The number of nitrogens with one attached hydrogen (secondary N) is 2. The van der Waals surface area contributed by atoms with Gasteiger partial charge in [0.1, 0.15) is 17.5 Å². The third kappa shape index (κ3) is 4.07. The molecule has 0 bridgehead atoms. The molecule has 0 radical (unpaired) electrons. The second kappa shape index (κ2) is 6.88. The number of aromatic nitrogens is 2. The molecule has 0 aliphatic heterocycles. The summed E-state index contributed by atoms with van der Waals surface area (Å²) in [5.74, 6) is 2.50. The fraction of sp³-hybridized carbons (Fsp3) is 0.733. The number of anilines is 2. The van der Waals surface area contributed by atoms with Crippen LogP contribution in [0.3, 0.4) is 0 Å². The Morgan fingerprint density at radius 2 is 1.80 bits per heavy atom. The van der Waals surface area contributed by atoms with E-state index in [0.29, 0.717) is 0 Å². The van der Waals surface area contributed by atoms with Gasteiger partial charge in [-0.3, -0.25) is 0 Å². The van der Waals surface area contributed by atoms with Gasteiger partial charge >= 0.3 is 0 Å². The van der Waals surface area contributed by atoms with Gasteiger partial charge in [-0.1, -0.05) is 6.92 Å². The minimum atomic E-state index is -0.478. The van der Waals surface area contributed by atoms with Crippen LogP contribution in [0.2, 0.25) is 0 Å². The molecule has 1 heterocycles. The van der Waals surface area contributed by atoms with Crippen LogP contribution in [0, 0.1) is 6.92 Å². The van der Waals surface area contributed by atoms with Gasteiger partial charge in [0.25, 0.3) is 0 Å². The number of rotatable bonds is 7. The van der Waals surface area contributed by atoms with Crippen LogP contribution in [0.15, 0.2) is 0 Å². The van der Waals surface area contributed by atoms with E-state index >= 15 is 0 Å². The molecule has 0 saturated heterocycles. The Labute approximate surface area is 122 Å². The van der Waals surface area contributed by atoms with Crippen molar-refractivity contribution in [3.63, 3.8) is 0 Å². The Hall–Kier alpha value is -1.36. The van der Waals surface area contributed by atoms with Crippen molar-refractivity contribution < 1.29 is 5.11 Å². The molecule has 114 valence electrons. The number of aliphatic hydroxyl groups is 1. The zero-order chi connectivity index (χ0) is 15.3. The van der Waals surface area contributed by atoms with E-state index in [1.165, 1.54) is 0 Å². The molecular weight excluding hydrogens is 252 g/mol. The van der Waals surface area contributed by atoms with Gasteiger partial charge in [-0.25, -0.2) is 9.97 Å². The predicted molar refractivity (Wildman–Crippen MR) is 84.3 cm³/mol. The van der Waals surface area contributed by atoms with Gasteiger partial charge in [0, 0.05) is 18.5 Å². The van der Waals surface area contributed by atoms with Gasteiger partial charge in [0.15, 0.2) is 0 Å². The summed E-state index contributed by atoms with van der Waals surface area (Å²) in [5, 5.41) is 16.5. The number of aliphatic hydroxyl groups excluding tert-OH is 1. The van der Waals surface area contributed by atoms with E-state index in [1.54, 1.807) is 6.92 Å². The smallest absolute Gasteiger partial charge is 0.135 e. The number of aryl methyl sites for hydroxylation is 1. The third-order valence-corrected chi connectivity index (χ3v) is 3.49. The molecule has 1 rings (SSSR count). The van der Waals surface area contributed by atoms with Crippen LogP contribution in [-0.4, -0.2) is 33.3 Å². The Bertz CT molecular complexity index is 444. The Morgan fingerprint density at radius 3 is 2.30 bits per heavy atom. The van der Waals surface area contributed by atoms with E-state index in [4.69, 9.17) is 0 Å². The molecule has 1 atom stereocenters. The highest BCUT2D eigenvalue weighted by Crippen LogP contribution is 2.24. The molecular formula is C15H28N4O. The first kappa shape index (κ1) is 16.7. The van der Waals surface area contributed by atoms with E-state index in [2.05, 4.69) is 27.5 Å². The Morgan fingerprint density at radius 1 is 1.20 bits per heavy atom. The molecule has 3 N–H and O–H groups in total. The van der Waals surface area contributed by atoms with Gasteiger partial charge in [0.2, 0.25) is 0 Å². The van der Waals surface area contributed by atoms with Gasteiger partial charge in [0.05, 0.1) is 11.6 Å². The van der Waals surface area contributed by atoms with Crippen molar-refractivity contribution in [1.82, 2.24) is 9.97 Å². The first-order chi connectivity index (χ1) is 9.31. The zero-order valence-electron chi connectivity index (χ0n) is 13.5. The van der Waals surface area contributed by atoms with Crippen molar-refractivity contribution in [3.8, 4) is 0 Å². The molecule has 0 saturated carbocycles. The van der Waals surface area contributed by atoms with Crippen molar-refractivity contribution in [3.05, 3.63) is 11.4 Å². The molecule has 20 heavy (non-hydrogen) atoms. The second-order valence-corrected chi connectivity index (χ2v) is 5.77. The minimum absolute atomic E-state index is 0.438. The summed E-state index contributed by atoms with van der Waals surface area (Å²) in [6.07, 6.45) is 1.38. The first-order valence-corrected chi connectivity index (χ1v) is 7.39. The lowest BCUT2D eigenvalue weighted by molar-refractivity contribution is 0.133. The Balaban J connectivity index is 3.16. The lowest BCUT2D eigenvalue weighted by atomic mass is 9.98. The first-order valence-electron chi connectivity index (χ1n) is 7.39. The van der Waals surface area contributed by atoms with Crippen LogP contribution in [0.25, 0.3) is 0 Å². The third-order valence-electron chi connectivity index (χ3n) is 3.49. The highest BCUT2D eigenvalue weighted by molar-refractivity contribution is 5.58. The summed E-state index contributed by atoms with van der Waals surface area (Å²) in [7, 11) is 0. The van der Waals surface area contributed by atoms with Gasteiger partial charge < -0.3 is 15.7 Å². The molecule has 1 aromatic rings. The summed E-state index contributed by atoms with van der Waals surface area (Å²) in [6.45, 7) is 12.7. The van der Waals surface area contributed by atoms with E-state index < -0.39 is 11.6 Å². The van der Waals surface area contributed by atoms with Crippen molar-refractivity contribution >= 4 is 11.6 Å². The summed E-state index contributed by atoms with van der Waals surface area (Å²) >= 11 is 0. The number of hydrogen-bond donors (Lipinski definition) is 3. The van der Waals surface area contributed by atoms with Crippen molar-refractivity contribution in [2.45, 2.75) is 66.0 Å². The topological polar surface area (TPSA) is 70.1 Å². The molecule has 0 amide bonds. The molecule has 0 fully saturated rings. The van der Waals surface area contributed by atoms with Gasteiger partial charge in [-0.2, -0.15) is 0 Å². The maximum Gasteiger partial charge on any atom is 0.135 e. The molecule has 1 unspecified atom stereocenters. The monoisotopic (exact) mass is 280 g/mol. The molecule has 0 spiro atoms. The Kier molecular flexibility index (Phi) is 5.74. The number of nitrogens with zero attached hydrogens (tertiary/aromatic N) is 2. The van der Waals surface area contributed by atoms with Crippen LogP contribution in [0.4, 0.5) is 11.6 Å². The highest BCUT2D eigenvalue weighted by Gasteiger charge is 2.25. The highest BCUT2D eigenvalue weighted by atomic mass is 16.3. The quantitative estimate of drug-likeness (QED) is 0.716. The van der Waals surface area contributed by atoms with E-state index in [1.807, 2.05) is 27.7 Å². The SMILES string of the molecule is CCCc1nc(NCC)c(C)c(NC(C)(C)C(C)O)n1. The maximum atomic E-state index is 9.86. The predicted octanol–water partition coefficient (Wildman–Crippen LogP) is 2.74. The van der Waals surface area contributed by atoms with Crippen molar-refractivity contribution in [1.29, 1.82) is 0 Å². The molecule has 0 aliphatic rings. The van der Waals surface area contributed by atoms with Crippen LogP contribution in [0.1, 0.15) is 52.4 Å². The second-order valence-electron chi connectivity index (χ2n) is 5.77. The zero-order valence-corrected chi connectivity index (χ0v) is 13.5. The van der Waals surface area contributed by atoms with Gasteiger partial charge in [-0.05, 0) is 41.0 Å². The summed E-state index contributed by atoms with van der Waals surface area (Å²) < 4.78 is 0. The van der Waals surface area contributed by atoms with Gasteiger partial charge in [-0.15, -0.1) is 0 Å². The number of hydrogen-bond acceptors (Lipinski definition) is 5. The molecule has 0 aromatic carbocycles. The fourth-order valence-corrected chi connectivity index (χ4v) is 1.77. The standard InChI is InChI=1S/C15H28N4O/c1-7-9-12-17-13(16-8-2)10(3)14(18-12)19-15(5,6)11(4)20/h11,20H,7-9H2,1-6H3,(H2,16,17,18,19). The van der Waals surface area contributed by atoms with E-state index in [9.17, 15) is 5.11 Å². The average molecular weight is 280 g/mol. The summed E-state index contributed by atoms with van der Waals surface area (Å²) in [5.41, 5.74) is 0.548. The van der Waals surface area contributed by atoms with Crippen molar-refractivity contribution in [2.75, 3.05) is 17.2 Å². The summed E-state index contributed by atoms with van der Waals surface area (Å²) in [6, 6.07) is 0. The average Bonchev–Trinajstić information content (AvgIpc) is 2.35. The largest absolute Gasteiger partial charge is 0.391 e. The van der Waals surface area contributed by atoms with Crippen LogP contribution >= 0.6 is 0 Å². The van der Waals surface area contributed by atoms with E-state index in [-0.39, 0.29) is 0 Å². The van der Waals surface area contributed by atoms with Crippen molar-refractivity contribution in [2.24, 2.45) is 0 Å². The van der Waals surface area contributed by atoms with Crippen LogP contribution in [-0.2, 0) is 6.42 Å². The fourth-order valence-electron chi connectivity index (χ4n) is 1.77. The minimum Gasteiger partial charge on any atom is -0.391 e. The maximum absolute atomic E-state index is 9.86. The van der Waals surface area contributed by atoms with Crippen LogP contribution in [0.5, 0.6) is 0 Å². The normalized spacial score (nSPS) is 13.2. The summed E-state index contributed by atoms with van der Waals surface area (Å²) in [4.78, 5) is 9.16. The van der Waals surface area contributed by atoms with E-state index in [0.717, 1.165) is 42.4 Å². The lowest BCUT2D eigenvalue weighted by Gasteiger charge is -2.31. The lowest BCUT2D eigenvalue weighted by Crippen LogP contribution is -2.42.